The number of hydrogen-bond acceptors (Lipinski definition) is 8. The van der Waals surface area contributed by atoms with E-state index in [1.165, 1.54) is 12.1 Å². The number of halogens is 5. The number of carbonyl (C=O) groups is 1. The molecule has 1 amide bonds. The van der Waals surface area contributed by atoms with E-state index < -0.39 is 66.8 Å². The Balaban J connectivity index is 1.64. The van der Waals surface area contributed by atoms with Crippen molar-refractivity contribution in [1.82, 2.24) is 20.8 Å². The molecule has 0 spiro atoms. The second-order valence-electron chi connectivity index (χ2n) is 8.59. The summed E-state index contributed by atoms with van der Waals surface area (Å²) in [6.45, 7) is 0. The van der Waals surface area contributed by atoms with Crippen LogP contribution in [-0.4, -0.2) is 48.0 Å². The number of sulfone groups is 1. The van der Waals surface area contributed by atoms with E-state index in [0.717, 1.165) is 36.4 Å². The van der Waals surface area contributed by atoms with Crippen molar-refractivity contribution in [3.8, 4) is 16.6 Å². The Hall–Kier alpha value is -3.48. The molecule has 0 aliphatic heterocycles. The van der Waals surface area contributed by atoms with Crippen molar-refractivity contribution >= 4 is 27.1 Å². The standard InChI is InChI=1S/C23H18F5N5O3S2/c24-15-5-1-13(2-6-15)18(23(26,27)28)30-17(19(34)31-22(12-29)9-10-22)11-38(35,36)21-33-32-20(37-21)14-3-7-16(25)8-4-14/h1-8,17-18,30H,9-11H2,(H,31,34)/t17?,18-/m0/s1. The molecule has 1 heterocycles. The second kappa shape index (κ2) is 10.4. The molecular weight excluding hydrogens is 553 g/mol. The molecule has 1 aromatic heterocycles. The summed E-state index contributed by atoms with van der Waals surface area (Å²) in [6, 6.07) is 5.63. The Bertz CT molecular complexity index is 1460. The number of rotatable bonds is 9. The molecule has 3 aromatic rings. The van der Waals surface area contributed by atoms with E-state index in [1.807, 2.05) is 11.4 Å². The summed E-state index contributed by atoms with van der Waals surface area (Å²) in [7, 11) is -4.48. The zero-order valence-electron chi connectivity index (χ0n) is 19.2. The van der Waals surface area contributed by atoms with Crippen molar-refractivity contribution in [1.29, 1.82) is 5.26 Å². The topological polar surface area (TPSA) is 125 Å². The number of amides is 1. The van der Waals surface area contributed by atoms with Gasteiger partial charge in [0, 0.05) is 5.56 Å². The monoisotopic (exact) mass is 571 g/mol. The van der Waals surface area contributed by atoms with Crippen LogP contribution < -0.4 is 10.6 Å². The Labute approximate surface area is 217 Å². The number of nitrogens with one attached hydrogen (secondary N) is 2. The molecule has 4 rings (SSSR count). The van der Waals surface area contributed by atoms with Crippen LogP contribution in [0.25, 0.3) is 10.6 Å². The average molecular weight is 572 g/mol. The van der Waals surface area contributed by atoms with Gasteiger partial charge in [0.05, 0.1) is 11.8 Å². The Morgan fingerprint density at radius 2 is 1.63 bits per heavy atom. The van der Waals surface area contributed by atoms with Gasteiger partial charge in [-0.3, -0.25) is 10.1 Å². The molecule has 0 radical (unpaired) electrons. The fourth-order valence-electron chi connectivity index (χ4n) is 3.48. The molecule has 1 unspecified atom stereocenters. The normalized spacial score (nSPS) is 16.3. The van der Waals surface area contributed by atoms with Gasteiger partial charge in [-0.25, -0.2) is 17.2 Å². The minimum atomic E-state index is -4.99. The van der Waals surface area contributed by atoms with Crippen molar-refractivity contribution in [2.75, 3.05) is 5.75 Å². The summed E-state index contributed by atoms with van der Waals surface area (Å²) in [5.74, 6) is -3.60. The summed E-state index contributed by atoms with van der Waals surface area (Å²) in [6.07, 6.45) is -4.48. The van der Waals surface area contributed by atoms with Gasteiger partial charge in [-0.1, -0.05) is 23.5 Å². The van der Waals surface area contributed by atoms with Crippen molar-refractivity contribution < 1.29 is 35.2 Å². The van der Waals surface area contributed by atoms with Gasteiger partial charge in [-0.05, 0) is 54.8 Å². The van der Waals surface area contributed by atoms with Gasteiger partial charge in [0.15, 0.2) is 0 Å². The lowest BCUT2D eigenvalue weighted by atomic mass is 10.0. The first-order valence-electron chi connectivity index (χ1n) is 11.0. The number of benzene rings is 2. The van der Waals surface area contributed by atoms with Crippen LogP contribution in [-0.2, 0) is 14.6 Å². The lowest BCUT2D eigenvalue weighted by Gasteiger charge is -2.27. The number of aromatic nitrogens is 2. The Kier molecular flexibility index (Phi) is 7.51. The SMILES string of the molecule is N#CC1(NC(=O)C(CS(=O)(=O)c2nnc(-c3ccc(F)cc3)s2)N[C@@H](c2ccc(F)cc2)C(F)(F)F)CC1. The van der Waals surface area contributed by atoms with Crippen LogP contribution in [0.2, 0.25) is 0 Å². The predicted molar refractivity (Wildman–Crippen MR) is 125 cm³/mol. The van der Waals surface area contributed by atoms with E-state index in [2.05, 4.69) is 15.5 Å². The maximum absolute atomic E-state index is 14.0. The lowest BCUT2D eigenvalue weighted by Crippen LogP contribution is -2.54. The fourth-order valence-corrected chi connectivity index (χ4v) is 6.01. The van der Waals surface area contributed by atoms with Crippen LogP contribution >= 0.6 is 11.3 Å². The van der Waals surface area contributed by atoms with Crippen molar-refractivity contribution in [2.24, 2.45) is 0 Å². The van der Waals surface area contributed by atoms with Crippen LogP contribution in [0.4, 0.5) is 22.0 Å². The van der Waals surface area contributed by atoms with Gasteiger partial charge in [-0.2, -0.15) is 18.4 Å². The molecule has 2 N–H and O–H groups in total. The van der Waals surface area contributed by atoms with E-state index in [4.69, 9.17) is 0 Å². The Morgan fingerprint density at radius 1 is 1.05 bits per heavy atom. The highest BCUT2D eigenvalue weighted by Crippen LogP contribution is 2.36. The number of nitrogens with zero attached hydrogens (tertiary/aromatic N) is 3. The third-order valence-electron chi connectivity index (χ3n) is 5.69. The van der Waals surface area contributed by atoms with Gasteiger partial charge < -0.3 is 5.32 Å². The highest BCUT2D eigenvalue weighted by atomic mass is 32.2. The van der Waals surface area contributed by atoms with E-state index in [-0.39, 0.29) is 17.8 Å². The predicted octanol–water partition coefficient (Wildman–Crippen LogP) is 3.69. The third-order valence-corrected chi connectivity index (χ3v) is 8.86. The molecule has 0 bridgehead atoms. The molecule has 38 heavy (non-hydrogen) atoms. The summed E-state index contributed by atoms with van der Waals surface area (Å²) in [5.41, 5.74) is -1.39. The van der Waals surface area contributed by atoms with E-state index >= 15 is 0 Å². The molecule has 2 aromatic carbocycles. The third kappa shape index (κ3) is 6.32. The number of alkyl halides is 3. The molecule has 15 heteroatoms. The van der Waals surface area contributed by atoms with E-state index in [1.54, 1.807) is 0 Å². The largest absolute Gasteiger partial charge is 0.407 e. The molecule has 1 saturated carbocycles. The van der Waals surface area contributed by atoms with E-state index in [9.17, 15) is 40.4 Å². The van der Waals surface area contributed by atoms with Gasteiger partial charge >= 0.3 is 6.18 Å². The summed E-state index contributed by atoms with van der Waals surface area (Å²) < 4.78 is 94.2. The van der Waals surface area contributed by atoms with Crippen LogP contribution in [0.15, 0.2) is 52.9 Å². The van der Waals surface area contributed by atoms with Crippen LogP contribution in [0.1, 0.15) is 24.4 Å². The zero-order chi connectivity index (χ0) is 27.7. The van der Waals surface area contributed by atoms with Crippen molar-refractivity contribution in [2.45, 2.75) is 41.0 Å². The molecule has 200 valence electrons. The second-order valence-corrected chi connectivity index (χ2v) is 11.8. The quantitative estimate of drug-likeness (QED) is 0.376. The first kappa shape index (κ1) is 27.6. The maximum atomic E-state index is 14.0. The molecule has 1 fully saturated rings. The van der Waals surface area contributed by atoms with E-state index in [0.29, 0.717) is 16.9 Å². The molecular formula is C23H18F5N5O3S2. The smallest absolute Gasteiger partial charge is 0.336 e. The Morgan fingerprint density at radius 3 is 2.16 bits per heavy atom. The molecule has 1 aliphatic rings. The number of hydrogen-bond donors (Lipinski definition) is 2. The number of nitriles is 1. The number of carbonyl (C=O) groups excluding carboxylic acids is 1. The van der Waals surface area contributed by atoms with Gasteiger partial charge in [0.25, 0.3) is 0 Å². The maximum Gasteiger partial charge on any atom is 0.407 e. The average Bonchev–Trinajstić information content (AvgIpc) is 3.44. The molecule has 2 atom stereocenters. The van der Waals surface area contributed by atoms with Gasteiger partial charge in [0.1, 0.15) is 34.3 Å². The minimum Gasteiger partial charge on any atom is -0.336 e. The summed E-state index contributed by atoms with van der Waals surface area (Å²) in [4.78, 5) is 13.0. The summed E-state index contributed by atoms with van der Waals surface area (Å²) >= 11 is 0.597. The summed E-state index contributed by atoms with van der Waals surface area (Å²) in [5, 5.41) is 21.1. The van der Waals surface area contributed by atoms with Crippen molar-refractivity contribution in [3.63, 3.8) is 0 Å². The van der Waals surface area contributed by atoms with Crippen molar-refractivity contribution in [3.05, 3.63) is 65.7 Å². The highest BCUT2D eigenvalue weighted by Gasteiger charge is 2.48. The van der Waals surface area contributed by atoms with Crippen LogP contribution in [0, 0.1) is 23.0 Å². The first-order chi connectivity index (χ1) is 17.8. The zero-order valence-corrected chi connectivity index (χ0v) is 20.8. The van der Waals surface area contributed by atoms with Gasteiger partial charge in [-0.15, -0.1) is 10.2 Å². The molecule has 1 aliphatic carbocycles. The first-order valence-corrected chi connectivity index (χ1v) is 13.4. The lowest BCUT2D eigenvalue weighted by molar-refractivity contribution is -0.160. The molecule has 8 nitrogen and oxygen atoms in total. The van der Waals surface area contributed by atoms with Crippen LogP contribution in [0.5, 0.6) is 0 Å². The minimum absolute atomic E-state index is 0.110. The van der Waals surface area contributed by atoms with Crippen LogP contribution in [0.3, 0.4) is 0 Å². The van der Waals surface area contributed by atoms with Gasteiger partial charge in [0.2, 0.25) is 20.1 Å². The molecule has 0 saturated heterocycles. The fraction of sp³-hybridized carbons (Fsp3) is 0.304. The highest BCUT2D eigenvalue weighted by molar-refractivity contribution is 7.93.